The molecule has 0 fully saturated rings. The summed E-state index contributed by atoms with van der Waals surface area (Å²) in [5.74, 6) is 1.74. The molecular weight excluding hydrogens is 346 g/mol. The predicted octanol–water partition coefficient (Wildman–Crippen LogP) is 3.18. The van der Waals surface area contributed by atoms with Crippen LogP contribution < -0.4 is 10.6 Å². The van der Waals surface area contributed by atoms with Crippen LogP contribution in [0.3, 0.4) is 0 Å². The van der Waals surface area contributed by atoms with Gasteiger partial charge in [0.1, 0.15) is 17.6 Å². The first-order valence-electron chi connectivity index (χ1n) is 8.79. The van der Waals surface area contributed by atoms with Crippen LogP contribution in [0.4, 0.5) is 10.6 Å². The summed E-state index contributed by atoms with van der Waals surface area (Å²) < 4.78 is 7.04. The Kier molecular flexibility index (Phi) is 5.49. The molecule has 3 heterocycles. The molecule has 3 aromatic rings. The fourth-order valence-electron chi connectivity index (χ4n) is 2.55. The van der Waals surface area contributed by atoms with Crippen molar-refractivity contribution >= 4 is 11.8 Å². The lowest BCUT2D eigenvalue weighted by atomic mass is 10.2. The highest BCUT2D eigenvalue weighted by Crippen LogP contribution is 2.17. The van der Waals surface area contributed by atoms with Gasteiger partial charge >= 0.3 is 6.03 Å². The second kappa shape index (κ2) is 7.98. The third-order valence-electron chi connectivity index (χ3n) is 3.74. The Morgan fingerprint density at radius 1 is 1.30 bits per heavy atom. The summed E-state index contributed by atoms with van der Waals surface area (Å²) in [5, 5.41) is 13.9. The topological polar surface area (TPSA) is 111 Å². The smallest absolute Gasteiger partial charge is 0.321 e. The zero-order chi connectivity index (χ0) is 19.4. The molecule has 0 unspecified atom stereocenters. The Hall–Kier alpha value is -3.23. The zero-order valence-electron chi connectivity index (χ0n) is 15.8. The van der Waals surface area contributed by atoms with Crippen molar-refractivity contribution in [2.45, 2.75) is 40.3 Å². The highest BCUT2D eigenvalue weighted by atomic mass is 16.5. The second-order valence-electron chi connectivity index (χ2n) is 6.74. The van der Waals surface area contributed by atoms with Crippen LogP contribution in [-0.2, 0) is 6.54 Å². The van der Waals surface area contributed by atoms with Crippen molar-refractivity contribution in [1.29, 1.82) is 0 Å². The van der Waals surface area contributed by atoms with Gasteiger partial charge in [0.2, 0.25) is 11.7 Å². The van der Waals surface area contributed by atoms with E-state index in [0.717, 1.165) is 12.2 Å². The Bertz CT molecular complexity index is 902. The number of amides is 2. The van der Waals surface area contributed by atoms with Crippen LogP contribution >= 0.6 is 0 Å². The number of hydrogen-bond acceptors (Lipinski definition) is 6. The maximum Gasteiger partial charge on any atom is 0.321 e. The van der Waals surface area contributed by atoms with Crippen LogP contribution in [0.15, 0.2) is 35.0 Å². The van der Waals surface area contributed by atoms with Crippen molar-refractivity contribution in [3.63, 3.8) is 0 Å². The highest BCUT2D eigenvalue weighted by Gasteiger charge is 2.19. The maximum atomic E-state index is 12.4. The first kappa shape index (κ1) is 18.6. The van der Waals surface area contributed by atoms with Gasteiger partial charge in [-0.2, -0.15) is 10.1 Å². The number of anilines is 1. The molecular formula is C18H23N7O2. The van der Waals surface area contributed by atoms with E-state index in [9.17, 15) is 4.79 Å². The van der Waals surface area contributed by atoms with Gasteiger partial charge in [0.25, 0.3) is 0 Å². The van der Waals surface area contributed by atoms with Crippen LogP contribution in [-0.4, -0.2) is 30.9 Å². The Balaban J connectivity index is 1.64. The summed E-state index contributed by atoms with van der Waals surface area (Å²) in [7, 11) is 0. The van der Waals surface area contributed by atoms with Crippen molar-refractivity contribution < 1.29 is 9.32 Å². The molecule has 2 N–H and O–H groups in total. The molecule has 27 heavy (non-hydrogen) atoms. The summed E-state index contributed by atoms with van der Waals surface area (Å²) >= 11 is 0. The molecule has 3 rings (SSSR count). The Labute approximate surface area is 157 Å². The summed E-state index contributed by atoms with van der Waals surface area (Å²) in [4.78, 5) is 20.8. The SMILES string of the molecule is Cc1cc(NC(=O)N[C@H](C)c2nc(-c3ccccn3)no2)n(CC(C)C)n1. The first-order chi connectivity index (χ1) is 12.9. The van der Waals surface area contributed by atoms with Gasteiger partial charge in [-0.3, -0.25) is 10.3 Å². The first-order valence-corrected chi connectivity index (χ1v) is 8.79. The predicted molar refractivity (Wildman–Crippen MR) is 99.9 cm³/mol. The lowest BCUT2D eigenvalue weighted by Gasteiger charge is -2.13. The second-order valence-corrected chi connectivity index (χ2v) is 6.74. The molecule has 0 aliphatic carbocycles. The average molecular weight is 369 g/mol. The molecule has 2 amide bonds. The average Bonchev–Trinajstić information content (AvgIpc) is 3.22. The van der Waals surface area contributed by atoms with Crippen LogP contribution in [0.25, 0.3) is 11.5 Å². The summed E-state index contributed by atoms with van der Waals surface area (Å²) in [6.07, 6.45) is 1.66. The number of nitrogens with one attached hydrogen (secondary N) is 2. The molecule has 9 heteroatoms. The molecule has 0 aromatic carbocycles. The highest BCUT2D eigenvalue weighted by molar-refractivity contribution is 5.88. The number of aromatic nitrogens is 5. The van der Waals surface area contributed by atoms with E-state index in [1.165, 1.54) is 0 Å². The molecule has 0 aliphatic heterocycles. The molecule has 0 spiro atoms. The molecule has 0 bridgehead atoms. The third-order valence-corrected chi connectivity index (χ3v) is 3.74. The molecule has 0 aliphatic rings. The minimum absolute atomic E-state index is 0.303. The van der Waals surface area contributed by atoms with Crippen LogP contribution in [0.2, 0.25) is 0 Å². The number of rotatable bonds is 6. The Morgan fingerprint density at radius 3 is 2.81 bits per heavy atom. The summed E-state index contributed by atoms with van der Waals surface area (Å²) in [5.41, 5.74) is 1.45. The van der Waals surface area contributed by atoms with Gasteiger partial charge in [0.15, 0.2) is 0 Å². The quantitative estimate of drug-likeness (QED) is 0.690. The molecule has 9 nitrogen and oxygen atoms in total. The van der Waals surface area contributed by atoms with Gasteiger partial charge in [-0.05, 0) is 31.9 Å². The van der Waals surface area contributed by atoms with Crippen molar-refractivity contribution in [3.05, 3.63) is 42.0 Å². The van der Waals surface area contributed by atoms with Crippen molar-refractivity contribution in [3.8, 4) is 11.5 Å². The summed E-state index contributed by atoms with van der Waals surface area (Å²) in [6, 6.07) is 6.44. The number of nitrogens with zero attached hydrogens (tertiary/aromatic N) is 5. The lowest BCUT2D eigenvalue weighted by molar-refractivity contribution is 0.245. The van der Waals surface area contributed by atoms with Crippen molar-refractivity contribution in [2.75, 3.05) is 5.32 Å². The third kappa shape index (κ3) is 4.69. The van der Waals surface area contributed by atoms with Gasteiger partial charge in [-0.25, -0.2) is 9.48 Å². The number of aryl methyl sites for hydroxylation is 1. The minimum Gasteiger partial charge on any atom is -0.337 e. The fraction of sp³-hybridized carbons (Fsp3) is 0.389. The van der Waals surface area contributed by atoms with Gasteiger partial charge in [-0.15, -0.1) is 0 Å². The van der Waals surface area contributed by atoms with E-state index in [1.54, 1.807) is 23.9 Å². The molecule has 0 radical (unpaired) electrons. The number of hydrogen-bond donors (Lipinski definition) is 2. The van der Waals surface area contributed by atoms with Gasteiger partial charge in [0, 0.05) is 18.8 Å². The van der Waals surface area contributed by atoms with Crippen LogP contribution in [0.1, 0.15) is 38.4 Å². The number of carbonyl (C=O) groups is 1. The van der Waals surface area contributed by atoms with Crippen LogP contribution in [0.5, 0.6) is 0 Å². The Morgan fingerprint density at radius 2 is 2.11 bits per heavy atom. The van der Waals surface area contributed by atoms with Crippen molar-refractivity contribution in [2.24, 2.45) is 5.92 Å². The lowest BCUT2D eigenvalue weighted by Crippen LogP contribution is -2.32. The van der Waals surface area contributed by atoms with Crippen LogP contribution in [0, 0.1) is 12.8 Å². The molecule has 0 saturated carbocycles. The van der Waals surface area contributed by atoms with E-state index in [-0.39, 0.29) is 6.03 Å². The fourth-order valence-corrected chi connectivity index (χ4v) is 2.55. The number of pyridine rings is 1. The minimum atomic E-state index is -0.461. The zero-order valence-corrected chi connectivity index (χ0v) is 15.8. The standard InChI is InChI=1S/C18H23N7O2/c1-11(2)10-25-15(9-12(3)23-25)21-18(26)20-13(4)17-22-16(24-27-17)14-7-5-6-8-19-14/h5-9,11,13H,10H2,1-4H3,(H2,20,21,26)/t13-/m1/s1. The van der Waals surface area contributed by atoms with E-state index in [1.807, 2.05) is 25.1 Å². The monoisotopic (exact) mass is 369 g/mol. The van der Waals surface area contributed by atoms with Gasteiger partial charge < -0.3 is 9.84 Å². The molecule has 142 valence electrons. The number of carbonyl (C=O) groups excluding carboxylic acids is 1. The number of urea groups is 1. The maximum absolute atomic E-state index is 12.4. The largest absolute Gasteiger partial charge is 0.337 e. The normalized spacial score (nSPS) is 12.2. The van der Waals surface area contributed by atoms with Gasteiger partial charge in [0.05, 0.1) is 5.69 Å². The van der Waals surface area contributed by atoms with Crippen molar-refractivity contribution in [1.82, 2.24) is 30.2 Å². The summed E-state index contributed by atoms with van der Waals surface area (Å²) in [6.45, 7) is 8.57. The molecule has 0 saturated heterocycles. The molecule has 1 atom stereocenters. The molecule has 3 aromatic heterocycles. The van der Waals surface area contributed by atoms with E-state index in [0.29, 0.717) is 29.1 Å². The van der Waals surface area contributed by atoms with Gasteiger partial charge in [-0.1, -0.05) is 25.1 Å². The van der Waals surface area contributed by atoms with E-state index < -0.39 is 6.04 Å². The van der Waals surface area contributed by atoms with E-state index in [2.05, 4.69) is 44.7 Å². The van der Waals surface area contributed by atoms with E-state index >= 15 is 0 Å². The van der Waals surface area contributed by atoms with E-state index in [4.69, 9.17) is 4.52 Å².